The number of hydrogen-bond donors (Lipinski definition) is 1. The molecule has 2 atom stereocenters. The van der Waals surface area contributed by atoms with E-state index in [0.29, 0.717) is 51.6 Å². The highest BCUT2D eigenvalue weighted by atomic mass is 19.3. The number of carbonyl (C=O) groups excluding carboxylic acids is 1. The molecular formula is C24H34F5N3O5. The molecule has 0 bridgehead atoms. The maximum Gasteiger partial charge on any atom is 0.330 e. The van der Waals surface area contributed by atoms with Crippen LogP contribution in [0.15, 0.2) is 24.3 Å². The summed E-state index contributed by atoms with van der Waals surface area (Å²) in [6.07, 6.45) is -5.39. The standard InChI is InChI=1S/C24H34F5N3O5/c25-19-3-1-18(2-4-19)22(34)32(6-5-30-7-10-35-11-8-30)15-21-14-31(9-12-37-21)13-20(33)16-36-17-24(28,29)23(26)27/h1-4,20-21,23,33H,5-17H2/t20-,21-/m1/s1. The van der Waals surface area contributed by atoms with Crippen LogP contribution in [0.4, 0.5) is 22.0 Å². The highest BCUT2D eigenvalue weighted by Gasteiger charge is 2.41. The van der Waals surface area contributed by atoms with E-state index in [0.717, 1.165) is 13.1 Å². The van der Waals surface area contributed by atoms with Crippen LogP contribution >= 0.6 is 0 Å². The Balaban J connectivity index is 1.53. The molecule has 0 aromatic heterocycles. The number of alkyl halides is 4. The largest absolute Gasteiger partial charge is 0.389 e. The minimum absolute atomic E-state index is 0.0692. The summed E-state index contributed by atoms with van der Waals surface area (Å²) in [6, 6.07) is 5.32. The topological polar surface area (TPSA) is 74.7 Å². The summed E-state index contributed by atoms with van der Waals surface area (Å²) in [6.45, 7) is 3.29. The SMILES string of the molecule is O=C(c1ccc(F)cc1)N(CCN1CCOCC1)C[C@H]1CN(C[C@@H](O)COCC(F)(F)C(F)F)CCO1. The smallest absolute Gasteiger partial charge is 0.330 e. The summed E-state index contributed by atoms with van der Waals surface area (Å²) in [5, 5.41) is 10.1. The molecule has 0 aliphatic carbocycles. The van der Waals surface area contributed by atoms with Crippen LogP contribution in [0.3, 0.4) is 0 Å². The number of carbonyl (C=O) groups is 1. The predicted octanol–water partition coefficient (Wildman–Crippen LogP) is 1.58. The second-order valence-electron chi connectivity index (χ2n) is 9.20. The first-order valence-electron chi connectivity index (χ1n) is 12.2. The first-order chi connectivity index (χ1) is 17.6. The Morgan fingerprint density at radius 3 is 2.49 bits per heavy atom. The highest BCUT2D eigenvalue weighted by molar-refractivity contribution is 5.94. The van der Waals surface area contributed by atoms with E-state index < -0.39 is 37.5 Å². The molecule has 3 rings (SSSR count). The van der Waals surface area contributed by atoms with Gasteiger partial charge in [0, 0.05) is 57.9 Å². The van der Waals surface area contributed by atoms with Gasteiger partial charge in [0.1, 0.15) is 12.4 Å². The normalized spacial score (nSPS) is 20.8. The number of halogens is 5. The fraction of sp³-hybridized carbons (Fsp3) is 0.708. The number of morpholine rings is 2. The molecule has 8 nitrogen and oxygen atoms in total. The van der Waals surface area contributed by atoms with Gasteiger partial charge in [-0.15, -0.1) is 0 Å². The van der Waals surface area contributed by atoms with Gasteiger partial charge in [0.15, 0.2) is 0 Å². The molecule has 37 heavy (non-hydrogen) atoms. The summed E-state index contributed by atoms with van der Waals surface area (Å²) in [4.78, 5) is 18.9. The second-order valence-corrected chi connectivity index (χ2v) is 9.20. The summed E-state index contributed by atoms with van der Waals surface area (Å²) >= 11 is 0. The Morgan fingerprint density at radius 1 is 1.14 bits per heavy atom. The molecule has 2 heterocycles. The Hall–Kier alpha value is -1.90. The predicted molar refractivity (Wildman–Crippen MR) is 124 cm³/mol. The third-order valence-corrected chi connectivity index (χ3v) is 6.21. The van der Waals surface area contributed by atoms with E-state index in [4.69, 9.17) is 9.47 Å². The molecule has 2 aliphatic rings. The number of aliphatic hydroxyl groups excluding tert-OH is 1. The van der Waals surface area contributed by atoms with Gasteiger partial charge in [-0.25, -0.2) is 13.2 Å². The summed E-state index contributed by atoms with van der Waals surface area (Å²) in [5.41, 5.74) is 0.351. The van der Waals surface area contributed by atoms with Crippen LogP contribution in [-0.2, 0) is 14.2 Å². The van der Waals surface area contributed by atoms with Gasteiger partial charge in [0.2, 0.25) is 0 Å². The van der Waals surface area contributed by atoms with E-state index in [1.807, 2.05) is 4.90 Å². The minimum atomic E-state index is -4.27. The average Bonchev–Trinajstić information content (AvgIpc) is 2.87. The highest BCUT2D eigenvalue weighted by Crippen LogP contribution is 2.23. The summed E-state index contributed by atoms with van der Waals surface area (Å²) in [7, 11) is 0. The molecule has 0 saturated carbocycles. The first-order valence-corrected chi connectivity index (χ1v) is 12.2. The zero-order valence-electron chi connectivity index (χ0n) is 20.5. The van der Waals surface area contributed by atoms with E-state index in [9.17, 15) is 31.9 Å². The molecule has 1 amide bonds. The molecule has 2 aliphatic heterocycles. The monoisotopic (exact) mass is 539 g/mol. The van der Waals surface area contributed by atoms with Crippen molar-refractivity contribution in [3.63, 3.8) is 0 Å². The molecule has 1 aromatic carbocycles. The lowest BCUT2D eigenvalue weighted by atomic mass is 10.1. The second kappa shape index (κ2) is 14.3. The van der Waals surface area contributed by atoms with E-state index in [-0.39, 0.29) is 25.1 Å². The quantitative estimate of drug-likeness (QED) is 0.382. The van der Waals surface area contributed by atoms with Crippen molar-refractivity contribution in [3.05, 3.63) is 35.6 Å². The average molecular weight is 540 g/mol. The van der Waals surface area contributed by atoms with Crippen molar-refractivity contribution >= 4 is 5.91 Å². The number of nitrogens with zero attached hydrogens (tertiary/aromatic N) is 3. The maximum absolute atomic E-state index is 13.4. The van der Waals surface area contributed by atoms with Gasteiger partial charge in [-0.2, -0.15) is 8.78 Å². The van der Waals surface area contributed by atoms with E-state index in [1.54, 1.807) is 4.90 Å². The van der Waals surface area contributed by atoms with Crippen LogP contribution in [0.1, 0.15) is 10.4 Å². The number of benzene rings is 1. The molecular weight excluding hydrogens is 505 g/mol. The molecule has 0 radical (unpaired) electrons. The van der Waals surface area contributed by atoms with Crippen molar-refractivity contribution < 1.29 is 46.1 Å². The zero-order valence-corrected chi connectivity index (χ0v) is 20.5. The number of hydrogen-bond acceptors (Lipinski definition) is 7. The number of ether oxygens (including phenoxy) is 3. The van der Waals surface area contributed by atoms with Crippen LogP contribution in [0.25, 0.3) is 0 Å². The van der Waals surface area contributed by atoms with Crippen molar-refractivity contribution in [2.75, 3.05) is 85.4 Å². The third kappa shape index (κ3) is 9.73. The molecule has 1 aromatic rings. The molecule has 210 valence electrons. The van der Waals surface area contributed by atoms with E-state index in [1.165, 1.54) is 24.3 Å². The molecule has 1 N–H and O–H groups in total. The van der Waals surface area contributed by atoms with E-state index >= 15 is 0 Å². The van der Waals surface area contributed by atoms with Crippen molar-refractivity contribution in [2.24, 2.45) is 0 Å². The Kier molecular flexibility index (Phi) is 11.5. The molecule has 13 heteroatoms. The number of β-amino-alcohol motifs (C(OH)–C–C–N with tert-alkyl or cyclic N) is 1. The van der Waals surface area contributed by atoms with Crippen LogP contribution < -0.4 is 0 Å². The summed E-state index contributed by atoms with van der Waals surface area (Å²) < 4.78 is 79.6. The van der Waals surface area contributed by atoms with Crippen LogP contribution in [0, 0.1) is 5.82 Å². The molecule has 2 fully saturated rings. The lowest BCUT2D eigenvalue weighted by Crippen LogP contribution is -2.52. The van der Waals surface area contributed by atoms with Crippen LogP contribution in [0.5, 0.6) is 0 Å². The van der Waals surface area contributed by atoms with Gasteiger partial charge < -0.3 is 24.2 Å². The van der Waals surface area contributed by atoms with Crippen LogP contribution in [0.2, 0.25) is 0 Å². The Bertz CT molecular complexity index is 829. The molecule has 2 saturated heterocycles. The fourth-order valence-corrected chi connectivity index (χ4v) is 4.18. The first kappa shape index (κ1) is 29.7. The molecule has 0 spiro atoms. The minimum Gasteiger partial charge on any atom is -0.389 e. The van der Waals surface area contributed by atoms with Gasteiger partial charge in [-0.3, -0.25) is 14.6 Å². The number of aliphatic hydroxyl groups is 1. The van der Waals surface area contributed by atoms with Gasteiger partial charge >= 0.3 is 12.3 Å². The van der Waals surface area contributed by atoms with Gasteiger partial charge in [0.05, 0.1) is 38.6 Å². The van der Waals surface area contributed by atoms with Gasteiger partial charge in [0.25, 0.3) is 5.91 Å². The number of amides is 1. The van der Waals surface area contributed by atoms with E-state index in [2.05, 4.69) is 9.64 Å². The number of rotatable bonds is 13. The summed E-state index contributed by atoms with van der Waals surface area (Å²) in [5.74, 6) is -4.98. The van der Waals surface area contributed by atoms with Crippen molar-refractivity contribution in [1.29, 1.82) is 0 Å². The third-order valence-electron chi connectivity index (χ3n) is 6.21. The van der Waals surface area contributed by atoms with Crippen molar-refractivity contribution in [1.82, 2.24) is 14.7 Å². The zero-order chi connectivity index (χ0) is 26.8. The van der Waals surface area contributed by atoms with Crippen molar-refractivity contribution in [2.45, 2.75) is 24.6 Å². The maximum atomic E-state index is 13.4. The fourth-order valence-electron chi connectivity index (χ4n) is 4.18. The Morgan fingerprint density at radius 2 is 1.81 bits per heavy atom. The van der Waals surface area contributed by atoms with Gasteiger partial charge in [-0.05, 0) is 24.3 Å². The lowest BCUT2D eigenvalue weighted by molar-refractivity contribution is -0.171. The van der Waals surface area contributed by atoms with Crippen LogP contribution in [-0.4, -0.2) is 136 Å². The lowest BCUT2D eigenvalue weighted by Gasteiger charge is -2.37. The Labute approximate surface area is 212 Å². The molecule has 0 unspecified atom stereocenters. The van der Waals surface area contributed by atoms with Crippen molar-refractivity contribution in [3.8, 4) is 0 Å². The van der Waals surface area contributed by atoms with Gasteiger partial charge in [-0.1, -0.05) is 0 Å².